The monoisotopic (exact) mass is 281 g/mol. The SMILES string of the molecule is CN(CC(=O)NCc1cccs1)CC1CCCNC1. The molecule has 5 heteroatoms. The Bertz CT molecular complexity index is 374. The van der Waals surface area contributed by atoms with Crippen molar-refractivity contribution in [3.63, 3.8) is 0 Å². The predicted molar refractivity (Wildman–Crippen MR) is 79.3 cm³/mol. The highest BCUT2D eigenvalue weighted by Crippen LogP contribution is 2.11. The van der Waals surface area contributed by atoms with Crippen LogP contribution in [0.15, 0.2) is 17.5 Å². The molecule has 1 aromatic heterocycles. The molecule has 2 rings (SSSR count). The molecule has 1 aliphatic heterocycles. The average Bonchev–Trinajstić information content (AvgIpc) is 2.90. The van der Waals surface area contributed by atoms with Crippen molar-refractivity contribution in [3.05, 3.63) is 22.4 Å². The second kappa shape index (κ2) is 7.62. The molecule has 0 spiro atoms. The average molecular weight is 281 g/mol. The predicted octanol–water partition coefficient (Wildman–Crippen LogP) is 1.30. The summed E-state index contributed by atoms with van der Waals surface area (Å²) in [7, 11) is 2.03. The molecule has 1 unspecified atom stereocenters. The zero-order valence-electron chi connectivity index (χ0n) is 11.5. The Hall–Kier alpha value is -0.910. The van der Waals surface area contributed by atoms with Crippen molar-refractivity contribution < 1.29 is 4.79 Å². The van der Waals surface area contributed by atoms with Crippen LogP contribution in [-0.4, -0.2) is 44.0 Å². The summed E-state index contributed by atoms with van der Waals surface area (Å²) >= 11 is 1.68. The van der Waals surface area contributed by atoms with E-state index >= 15 is 0 Å². The van der Waals surface area contributed by atoms with E-state index in [9.17, 15) is 4.79 Å². The number of rotatable bonds is 6. The van der Waals surface area contributed by atoms with E-state index in [2.05, 4.69) is 15.5 Å². The number of piperidine rings is 1. The largest absolute Gasteiger partial charge is 0.350 e. The van der Waals surface area contributed by atoms with E-state index in [4.69, 9.17) is 0 Å². The fourth-order valence-corrected chi connectivity index (χ4v) is 3.13. The minimum atomic E-state index is 0.111. The summed E-state index contributed by atoms with van der Waals surface area (Å²) in [4.78, 5) is 15.2. The van der Waals surface area contributed by atoms with Gasteiger partial charge < -0.3 is 10.6 Å². The van der Waals surface area contributed by atoms with Gasteiger partial charge in [0, 0.05) is 11.4 Å². The van der Waals surface area contributed by atoms with Crippen molar-refractivity contribution in [2.45, 2.75) is 19.4 Å². The molecule has 1 atom stereocenters. The van der Waals surface area contributed by atoms with Crippen LogP contribution in [0.5, 0.6) is 0 Å². The molecule has 1 fully saturated rings. The lowest BCUT2D eigenvalue weighted by Crippen LogP contribution is -2.40. The molecule has 1 aromatic rings. The molecule has 0 radical (unpaired) electrons. The van der Waals surface area contributed by atoms with Crippen LogP contribution < -0.4 is 10.6 Å². The smallest absolute Gasteiger partial charge is 0.234 e. The highest BCUT2D eigenvalue weighted by molar-refractivity contribution is 7.09. The van der Waals surface area contributed by atoms with E-state index in [1.165, 1.54) is 17.7 Å². The first kappa shape index (κ1) is 14.5. The quantitative estimate of drug-likeness (QED) is 0.826. The van der Waals surface area contributed by atoms with Crippen LogP contribution in [0, 0.1) is 5.92 Å². The standard InChI is InChI=1S/C14H23N3OS/c1-17(10-12-4-2-6-15-8-12)11-14(18)16-9-13-5-3-7-19-13/h3,5,7,12,15H,2,4,6,8-11H2,1H3,(H,16,18). The second-order valence-electron chi connectivity index (χ2n) is 5.27. The zero-order valence-corrected chi connectivity index (χ0v) is 12.3. The number of thiophene rings is 1. The van der Waals surface area contributed by atoms with Gasteiger partial charge >= 0.3 is 0 Å². The van der Waals surface area contributed by atoms with Gasteiger partial charge in [0.1, 0.15) is 0 Å². The molecule has 2 heterocycles. The highest BCUT2D eigenvalue weighted by atomic mass is 32.1. The number of hydrogen-bond donors (Lipinski definition) is 2. The summed E-state index contributed by atoms with van der Waals surface area (Å²) in [5.74, 6) is 0.795. The maximum absolute atomic E-state index is 11.8. The van der Waals surface area contributed by atoms with Gasteiger partial charge in [0.25, 0.3) is 0 Å². The lowest BCUT2D eigenvalue weighted by molar-refractivity contribution is -0.122. The van der Waals surface area contributed by atoms with Crippen molar-refractivity contribution in [2.75, 3.05) is 33.2 Å². The van der Waals surface area contributed by atoms with E-state index in [1.54, 1.807) is 11.3 Å². The minimum Gasteiger partial charge on any atom is -0.350 e. The van der Waals surface area contributed by atoms with Gasteiger partial charge in [0.15, 0.2) is 0 Å². The first-order chi connectivity index (χ1) is 9.24. The van der Waals surface area contributed by atoms with Gasteiger partial charge in [-0.3, -0.25) is 9.69 Å². The third kappa shape index (κ3) is 5.30. The lowest BCUT2D eigenvalue weighted by atomic mass is 9.99. The van der Waals surface area contributed by atoms with Crippen molar-refractivity contribution in [1.29, 1.82) is 0 Å². The summed E-state index contributed by atoms with van der Waals surface area (Å²) in [5, 5.41) is 8.41. The van der Waals surface area contributed by atoms with E-state index in [0.29, 0.717) is 19.0 Å². The molecule has 1 amide bonds. The zero-order chi connectivity index (χ0) is 13.5. The number of nitrogens with one attached hydrogen (secondary N) is 2. The molecular weight excluding hydrogens is 258 g/mol. The summed E-state index contributed by atoms with van der Waals surface area (Å²) in [5.41, 5.74) is 0. The number of hydrogen-bond acceptors (Lipinski definition) is 4. The van der Waals surface area contributed by atoms with Crippen molar-refractivity contribution >= 4 is 17.2 Å². The van der Waals surface area contributed by atoms with E-state index < -0.39 is 0 Å². The number of carbonyl (C=O) groups excluding carboxylic acids is 1. The summed E-state index contributed by atoms with van der Waals surface area (Å²) < 4.78 is 0. The Balaban J connectivity index is 1.63. The molecule has 1 aliphatic rings. The van der Waals surface area contributed by atoms with Crippen LogP contribution in [0.1, 0.15) is 17.7 Å². The fourth-order valence-electron chi connectivity index (χ4n) is 2.49. The molecule has 19 heavy (non-hydrogen) atoms. The molecule has 0 saturated carbocycles. The van der Waals surface area contributed by atoms with Crippen LogP contribution in [0.3, 0.4) is 0 Å². The number of nitrogens with zero attached hydrogens (tertiary/aromatic N) is 1. The molecule has 0 aliphatic carbocycles. The van der Waals surface area contributed by atoms with Crippen molar-refractivity contribution in [1.82, 2.24) is 15.5 Å². The number of amides is 1. The number of likely N-dealkylation sites (N-methyl/N-ethyl adjacent to an activating group) is 1. The molecule has 0 aromatic carbocycles. The maximum atomic E-state index is 11.8. The van der Waals surface area contributed by atoms with Crippen molar-refractivity contribution in [2.24, 2.45) is 5.92 Å². The van der Waals surface area contributed by atoms with E-state index in [-0.39, 0.29) is 5.91 Å². The maximum Gasteiger partial charge on any atom is 0.234 e. The van der Waals surface area contributed by atoms with Gasteiger partial charge in [-0.2, -0.15) is 0 Å². The molecule has 1 saturated heterocycles. The molecule has 106 valence electrons. The first-order valence-electron chi connectivity index (χ1n) is 6.92. The van der Waals surface area contributed by atoms with Crippen LogP contribution in [-0.2, 0) is 11.3 Å². The van der Waals surface area contributed by atoms with Gasteiger partial charge in [-0.25, -0.2) is 0 Å². The Morgan fingerprint density at radius 3 is 3.21 bits per heavy atom. The van der Waals surface area contributed by atoms with Crippen LogP contribution >= 0.6 is 11.3 Å². The van der Waals surface area contributed by atoms with Crippen LogP contribution in [0.4, 0.5) is 0 Å². The lowest BCUT2D eigenvalue weighted by Gasteiger charge is -2.27. The Morgan fingerprint density at radius 2 is 2.53 bits per heavy atom. The summed E-state index contributed by atoms with van der Waals surface area (Å²) in [6, 6.07) is 4.05. The van der Waals surface area contributed by atoms with Gasteiger partial charge in [-0.05, 0) is 50.3 Å². The van der Waals surface area contributed by atoms with Crippen LogP contribution in [0.25, 0.3) is 0 Å². The summed E-state index contributed by atoms with van der Waals surface area (Å²) in [6.45, 7) is 4.36. The minimum absolute atomic E-state index is 0.111. The van der Waals surface area contributed by atoms with Gasteiger partial charge in [-0.1, -0.05) is 6.07 Å². The van der Waals surface area contributed by atoms with E-state index in [0.717, 1.165) is 19.6 Å². The molecule has 2 N–H and O–H groups in total. The normalized spacial score (nSPS) is 19.6. The van der Waals surface area contributed by atoms with Gasteiger partial charge in [-0.15, -0.1) is 11.3 Å². The molecule has 0 bridgehead atoms. The third-order valence-electron chi connectivity index (χ3n) is 3.42. The Morgan fingerprint density at radius 1 is 1.63 bits per heavy atom. The van der Waals surface area contributed by atoms with E-state index in [1.807, 2.05) is 24.6 Å². The Kier molecular flexibility index (Phi) is 5.82. The topological polar surface area (TPSA) is 44.4 Å². The Labute approximate surface area is 119 Å². The van der Waals surface area contributed by atoms with Gasteiger partial charge in [0.2, 0.25) is 5.91 Å². The number of carbonyl (C=O) groups is 1. The first-order valence-corrected chi connectivity index (χ1v) is 7.80. The van der Waals surface area contributed by atoms with Crippen LogP contribution in [0.2, 0.25) is 0 Å². The van der Waals surface area contributed by atoms with Gasteiger partial charge in [0.05, 0.1) is 13.1 Å². The third-order valence-corrected chi connectivity index (χ3v) is 4.30. The summed E-state index contributed by atoms with van der Waals surface area (Å²) in [6.07, 6.45) is 2.53. The van der Waals surface area contributed by atoms with Crippen molar-refractivity contribution in [3.8, 4) is 0 Å². The fraction of sp³-hybridized carbons (Fsp3) is 0.643. The molecular formula is C14H23N3OS. The highest BCUT2D eigenvalue weighted by Gasteiger charge is 2.16. The molecule has 4 nitrogen and oxygen atoms in total. The second-order valence-corrected chi connectivity index (χ2v) is 6.30.